The molecule has 0 aromatic rings. The lowest BCUT2D eigenvalue weighted by Gasteiger charge is -2.43. The van der Waals surface area contributed by atoms with Gasteiger partial charge in [-0.25, -0.2) is 0 Å². The summed E-state index contributed by atoms with van der Waals surface area (Å²) in [5.41, 5.74) is 1.01. The molecule has 108 valence electrons. The molecule has 18 heavy (non-hydrogen) atoms. The van der Waals surface area contributed by atoms with Gasteiger partial charge in [-0.2, -0.15) is 0 Å². The Morgan fingerprint density at radius 2 is 1.00 bits per heavy atom. The first kappa shape index (κ1) is 17.7. The SMILES string of the molecule is C=NC(C)(C)CC(C)(CC(C)(C)C)CC(C)(C)C. The molecular formula is C17H35N. The van der Waals surface area contributed by atoms with Crippen LogP contribution < -0.4 is 0 Å². The highest BCUT2D eigenvalue weighted by Crippen LogP contribution is 2.47. The maximum Gasteiger partial charge on any atom is 0.0550 e. The number of aliphatic imine (C=N–C) groups is 1. The third kappa shape index (κ3) is 7.89. The highest BCUT2D eigenvalue weighted by molar-refractivity contribution is 5.25. The first-order chi connectivity index (χ1) is 7.68. The standard InChI is InChI=1S/C17H35N/c1-14(2,3)11-17(9,12-15(4,5)6)13-16(7,8)18-10/h10-13H2,1-9H3. The van der Waals surface area contributed by atoms with E-state index in [0.29, 0.717) is 16.2 Å². The Morgan fingerprint density at radius 1 is 0.667 bits per heavy atom. The molecule has 0 aromatic carbocycles. The van der Waals surface area contributed by atoms with Crippen molar-refractivity contribution >= 4 is 6.72 Å². The summed E-state index contributed by atoms with van der Waals surface area (Å²) in [5, 5.41) is 0. The molecule has 0 fully saturated rings. The van der Waals surface area contributed by atoms with E-state index in [9.17, 15) is 0 Å². The van der Waals surface area contributed by atoms with Crippen LogP contribution in [0.1, 0.15) is 81.6 Å². The number of hydrogen-bond donors (Lipinski definition) is 0. The maximum atomic E-state index is 4.32. The summed E-state index contributed by atoms with van der Waals surface area (Å²) in [5.74, 6) is 0. The largest absolute Gasteiger partial charge is 0.295 e. The van der Waals surface area contributed by atoms with Crippen molar-refractivity contribution < 1.29 is 0 Å². The van der Waals surface area contributed by atoms with Crippen LogP contribution in [0, 0.1) is 16.2 Å². The van der Waals surface area contributed by atoms with Crippen molar-refractivity contribution in [3.05, 3.63) is 0 Å². The van der Waals surface area contributed by atoms with Gasteiger partial charge in [0.15, 0.2) is 0 Å². The van der Waals surface area contributed by atoms with Gasteiger partial charge in [0.1, 0.15) is 0 Å². The Labute approximate surface area is 115 Å². The molecule has 0 aliphatic heterocycles. The van der Waals surface area contributed by atoms with Crippen LogP contribution in [0.25, 0.3) is 0 Å². The average molecular weight is 253 g/mol. The van der Waals surface area contributed by atoms with Crippen molar-refractivity contribution in [2.45, 2.75) is 87.1 Å². The molecule has 0 amide bonds. The Balaban J connectivity index is 5.10. The number of rotatable bonds is 5. The van der Waals surface area contributed by atoms with Gasteiger partial charge in [0.25, 0.3) is 0 Å². The summed E-state index contributed by atoms with van der Waals surface area (Å²) in [6, 6.07) is 0. The zero-order valence-corrected chi connectivity index (χ0v) is 14.3. The van der Waals surface area contributed by atoms with Crippen LogP contribution in [0.2, 0.25) is 0 Å². The topological polar surface area (TPSA) is 12.4 Å². The molecule has 0 saturated carbocycles. The van der Waals surface area contributed by atoms with Gasteiger partial charge in [0, 0.05) is 0 Å². The lowest BCUT2D eigenvalue weighted by Crippen LogP contribution is -2.35. The molecule has 0 aliphatic rings. The molecular weight excluding hydrogens is 218 g/mol. The smallest absolute Gasteiger partial charge is 0.0550 e. The van der Waals surface area contributed by atoms with E-state index in [2.05, 4.69) is 74.0 Å². The number of hydrogen-bond acceptors (Lipinski definition) is 1. The van der Waals surface area contributed by atoms with Crippen LogP contribution in [0.5, 0.6) is 0 Å². The minimum atomic E-state index is -0.0226. The van der Waals surface area contributed by atoms with E-state index < -0.39 is 0 Å². The molecule has 0 unspecified atom stereocenters. The van der Waals surface area contributed by atoms with Crippen LogP contribution in [-0.2, 0) is 0 Å². The Kier molecular flexibility index (Phi) is 5.25. The summed E-state index contributed by atoms with van der Waals surface area (Å²) in [6.07, 6.45) is 3.57. The Bertz CT molecular complexity index is 257. The van der Waals surface area contributed by atoms with Crippen LogP contribution in [0.3, 0.4) is 0 Å². The summed E-state index contributed by atoms with van der Waals surface area (Å²) in [6.45, 7) is 24.6. The third-order valence-corrected chi connectivity index (χ3v) is 3.20. The molecule has 0 radical (unpaired) electrons. The van der Waals surface area contributed by atoms with Gasteiger partial charge in [0.05, 0.1) is 5.54 Å². The van der Waals surface area contributed by atoms with Crippen molar-refractivity contribution in [1.82, 2.24) is 0 Å². The first-order valence-corrected chi connectivity index (χ1v) is 7.16. The molecule has 1 heteroatoms. The Morgan fingerprint density at radius 3 is 1.22 bits per heavy atom. The number of nitrogens with zero attached hydrogens (tertiary/aromatic N) is 1. The minimum absolute atomic E-state index is 0.0226. The Hall–Kier alpha value is -0.330. The first-order valence-electron chi connectivity index (χ1n) is 7.16. The second kappa shape index (κ2) is 5.35. The van der Waals surface area contributed by atoms with Crippen molar-refractivity contribution in [2.24, 2.45) is 21.2 Å². The lowest BCUT2D eigenvalue weighted by molar-refractivity contribution is 0.0931. The fourth-order valence-corrected chi connectivity index (χ4v) is 3.85. The van der Waals surface area contributed by atoms with Gasteiger partial charge >= 0.3 is 0 Å². The second-order valence-electron chi connectivity index (χ2n) is 9.43. The van der Waals surface area contributed by atoms with Crippen LogP contribution >= 0.6 is 0 Å². The predicted molar refractivity (Wildman–Crippen MR) is 84.5 cm³/mol. The van der Waals surface area contributed by atoms with Gasteiger partial charge in [-0.3, -0.25) is 4.99 Å². The van der Waals surface area contributed by atoms with Gasteiger partial charge in [-0.15, -0.1) is 0 Å². The summed E-state index contributed by atoms with van der Waals surface area (Å²) >= 11 is 0. The molecule has 0 saturated heterocycles. The molecule has 0 aliphatic carbocycles. The fraction of sp³-hybridized carbons (Fsp3) is 0.941. The molecule has 0 aromatic heterocycles. The van der Waals surface area contributed by atoms with E-state index in [-0.39, 0.29) is 5.54 Å². The monoisotopic (exact) mass is 253 g/mol. The highest BCUT2D eigenvalue weighted by Gasteiger charge is 2.37. The van der Waals surface area contributed by atoms with Gasteiger partial charge in [0.2, 0.25) is 0 Å². The van der Waals surface area contributed by atoms with Crippen LogP contribution in [0.15, 0.2) is 4.99 Å². The average Bonchev–Trinajstić information content (AvgIpc) is 1.93. The van der Waals surface area contributed by atoms with Gasteiger partial charge < -0.3 is 0 Å². The normalized spacial score (nSPS) is 14.7. The summed E-state index contributed by atoms with van der Waals surface area (Å²) < 4.78 is 0. The van der Waals surface area contributed by atoms with Crippen molar-refractivity contribution in [3.63, 3.8) is 0 Å². The molecule has 0 N–H and O–H groups in total. The van der Waals surface area contributed by atoms with Crippen molar-refractivity contribution in [1.29, 1.82) is 0 Å². The summed E-state index contributed by atoms with van der Waals surface area (Å²) in [7, 11) is 0. The van der Waals surface area contributed by atoms with E-state index in [1.807, 2.05) is 0 Å². The van der Waals surface area contributed by atoms with E-state index in [4.69, 9.17) is 0 Å². The van der Waals surface area contributed by atoms with E-state index >= 15 is 0 Å². The van der Waals surface area contributed by atoms with Crippen LogP contribution in [-0.4, -0.2) is 12.3 Å². The fourth-order valence-electron chi connectivity index (χ4n) is 3.85. The molecule has 0 rings (SSSR count). The predicted octanol–water partition coefficient (Wildman–Crippen LogP) is 5.73. The van der Waals surface area contributed by atoms with Gasteiger partial charge in [-0.05, 0) is 56.1 Å². The lowest BCUT2D eigenvalue weighted by atomic mass is 9.63. The van der Waals surface area contributed by atoms with Crippen molar-refractivity contribution in [2.75, 3.05) is 0 Å². The summed E-state index contributed by atoms with van der Waals surface area (Å²) in [4.78, 5) is 4.32. The van der Waals surface area contributed by atoms with Crippen molar-refractivity contribution in [3.8, 4) is 0 Å². The van der Waals surface area contributed by atoms with Gasteiger partial charge in [-0.1, -0.05) is 48.5 Å². The van der Waals surface area contributed by atoms with E-state index in [1.54, 1.807) is 0 Å². The maximum absolute atomic E-state index is 4.32. The zero-order valence-electron chi connectivity index (χ0n) is 14.3. The molecule has 0 bridgehead atoms. The second-order valence-corrected chi connectivity index (χ2v) is 9.43. The van der Waals surface area contributed by atoms with E-state index in [1.165, 1.54) is 12.8 Å². The van der Waals surface area contributed by atoms with Crippen LogP contribution in [0.4, 0.5) is 0 Å². The minimum Gasteiger partial charge on any atom is -0.295 e. The zero-order chi connectivity index (χ0) is 14.8. The quantitative estimate of drug-likeness (QED) is 0.554. The third-order valence-electron chi connectivity index (χ3n) is 3.20. The van der Waals surface area contributed by atoms with E-state index in [0.717, 1.165) is 6.42 Å². The molecule has 0 atom stereocenters. The molecule has 1 nitrogen and oxygen atoms in total. The highest BCUT2D eigenvalue weighted by atomic mass is 14.8. The molecule has 0 spiro atoms. The molecule has 0 heterocycles.